The zero-order chi connectivity index (χ0) is 22.2. The van der Waals surface area contributed by atoms with E-state index >= 15 is 0 Å². The Kier molecular flexibility index (Phi) is 9.58. The van der Waals surface area contributed by atoms with Crippen molar-refractivity contribution in [3.05, 3.63) is 29.8 Å². The van der Waals surface area contributed by atoms with E-state index in [-0.39, 0.29) is 25.0 Å². The van der Waals surface area contributed by atoms with Gasteiger partial charge in [-0.05, 0) is 65.8 Å². The second kappa shape index (κ2) is 10.9. The lowest BCUT2D eigenvalue weighted by atomic mass is 9.97. The van der Waals surface area contributed by atoms with Crippen LogP contribution in [0.25, 0.3) is 0 Å². The first kappa shape index (κ1) is 25.4. The van der Waals surface area contributed by atoms with Crippen LogP contribution >= 0.6 is 24.0 Å². The van der Waals surface area contributed by atoms with Gasteiger partial charge in [0.2, 0.25) is 0 Å². The van der Waals surface area contributed by atoms with E-state index in [0.29, 0.717) is 15.6 Å². The Bertz CT molecular complexity index is 707. The minimum Gasteiger partial charge on any atom is -0.490 e. The molecule has 0 aliphatic carbocycles. The molecule has 0 atom stereocenters. The fourth-order valence-corrected chi connectivity index (χ4v) is 4.18. The maximum Gasteiger partial charge on any atom is 0.322 e. The van der Waals surface area contributed by atoms with E-state index in [2.05, 4.69) is 0 Å². The molecule has 1 aromatic rings. The summed E-state index contributed by atoms with van der Waals surface area (Å²) >= 11 is 6.73. The molecule has 1 aromatic carbocycles. The summed E-state index contributed by atoms with van der Waals surface area (Å²) in [6, 6.07) is 6.47. The molecule has 1 rings (SSSR count). The van der Waals surface area contributed by atoms with E-state index < -0.39 is 10.3 Å². The van der Waals surface area contributed by atoms with E-state index in [1.54, 1.807) is 38.1 Å². The number of hydrogen-bond acceptors (Lipinski definition) is 7. The van der Waals surface area contributed by atoms with Crippen LogP contribution in [-0.4, -0.2) is 62.7 Å². The maximum absolute atomic E-state index is 12.4. The van der Waals surface area contributed by atoms with Gasteiger partial charge in [0, 0.05) is 18.7 Å². The molecule has 0 aromatic heterocycles. The zero-order valence-electron chi connectivity index (χ0n) is 18.0. The fourth-order valence-electron chi connectivity index (χ4n) is 2.33. The Hall–Kier alpha value is -1.64. The predicted octanol–water partition coefficient (Wildman–Crippen LogP) is 3.70. The summed E-state index contributed by atoms with van der Waals surface area (Å²) in [5, 5.41) is 9.77. The number of thiocarbonyl (C=S) groups is 1. The average Bonchev–Trinajstić information content (AvgIpc) is 2.64. The minimum atomic E-state index is -1.42. The molecular weight excluding hydrogens is 410 g/mol. The molecule has 0 amide bonds. The third-order valence-corrected chi connectivity index (χ3v) is 5.73. The second-order valence-corrected chi connectivity index (χ2v) is 9.70. The molecule has 0 radical (unpaired) electrons. The highest BCUT2D eigenvalue weighted by Gasteiger charge is 2.33. The Balaban J connectivity index is 2.48. The number of rotatable bonds is 10. The molecule has 0 aliphatic rings. The maximum atomic E-state index is 12.4. The highest BCUT2D eigenvalue weighted by molar-refractivity contribution is 8.24. The molecule has 0 unspecified atom stereocenters. The number of thioether (sulfide) groups is 1. The molecule has 0 saturated heterocycles. The van der Waals surface area contributed by atoms with Crippen LogP contribution in [0.4, 0.5) is 0 Å². The van der Waals surface area contributed by atoms with Gasteiger partial charge in [-0.25, -0.2) is 0 Å². The van der Waals surface area contributed by atoms with Gasteiger partial charge in [-0.1, -0.05) is 24.0 Å². The molecule has 1 N–H and O–H groups in total. The number of Topliss-reactive ketones (excluding diaryl/α,β-unsaturated/α-hetero) is 1. The summed E-state index contributed by atoms with van der Waals surface area (Å²) < 4.78 is 10.8. The van der Waals surface area contributed by atoms with E-state index in [1.165, 1.54) is 25.6 Å². The largest absolute Gasteiger partial charge is 0.490 e. The zero-order valence-corrected chi connectivity index (χ0v) is 19.6. The van der Waals surface area contributed by atoms with Gasteiger partial charge in [0.25, 0.3) is 0 Å². The van der Waals surface area contributed by atoms with Gasteiger partial charge in [0.05, 0.1) is 0 Å². The molecule has 6 nitrogen and oxygen atoms in total. The van der Waals surface area contributed by atoms with Crippen LogP contribution in [0.2, 0.25) is 0 Å². The number of ether oxygens (including phenoxy) is 2. The minimum absolute atomic E-state index is 0.102. The molecule has 0 saturated carbocycles. The van der Waals surface area contributed by atoms with Crippen molar-refractivity contribution in [3.63, 3.8) is 0 Å². The van der Waals surface area contributed by atoms with Crippen molar-refractivity contribution in [1.29, 1.82) is 0 Å². The van der Waals surface area contributed by atoms with Gasteiger partial charge in [0.1, 0.15) is 33.6 Å². The number of carbonyl (C=O) groups excluding carboxylic acids is 2. The highest BCUT2D eigenvalue weighted by Crippen LogP contribution is 2.29. The van der Waals surface area contributed by atoms with Crippen molar-refractivity contribution in [1.82, 2.24) is 4.90 Å². The highest BCUT2D eigenvalue weighted by atomic mass is 32.2. The van der Waals surface area contributed by atoms with Crippen LogP contribution in [0, 0.1) is 0 Å². The monoisotopic (exact) mass is 441 g/mol. The van der Waals surface area contributed by atoms with E-state index in [4.69, 9.17) is 21.7 Å². The van der Waals surface area contributed by atoms with Crippen molar-refractivity contribution in [3.8, 4) is 5.75 Å². The van der Waals surface area contributed by atoms with Gasteiger partial charge >= 0.3 is 5.97 Å². The fraction of sp³-hybridized carbons (Fsp3) is 0.571. The molecule has 0 heterocycles. The normalized spacial score (nSPS) is 11.7. The van der Waals surface area contributed by atoms with Crippen molar-refractivity contribution in [2.75, 3.05) is 26.3 Å². The topological polar surface area (TPSA) is 76.1 Å². The van der Waals surface area contributed by atoms with E-state index in [1.807, 2.05) is 18.7 Å². The first-order valence-corrected chi connectivity index (χ1v) is 10.8. The summed E-state index contributed by atoms with van der Waals surface area (Å²) in [5.74, 6) is -0.170. The molecule has 0 spiro atoms. The Morgan fingerprint density at radius 2 is 1.62 bits per heavy atom. The van der Waals surface area contributed by atoms with Crippen molar-refractivity contribution >= 4 is 40.1 Å². The van der Waals surface area contributed by atoms with E-state index in [9.17, 15) is 14.7 Å². The van der Waals surface area contributed by atoms with Gasteiger partial charge in [0.15, 0.2) is 5.78 Å². The lowest BCUT2D eigenvalue weighted by molar-refractivity contribution is -0.146. The lowest BCUT2D eigenvalue weighted by Crippen LogP contribution is -2.36. The number of carbonyl (C=O) groups is 2. The first-order chi connectivity index (χ1) is 13.4. The van der Waals surface area contributed by atoms with E-state index in [0.717, 1.165) is 13.1 Å². The predicted molar refractivity (Wildman–Crippen MR) is 121 cm³/mol. The van der Waals surface area contributed by atoms with Crippen molar-refractivity contribution in [2.45, 2.75) is 51.9 Å². The smallest absolute Gasteiger partial charge is 0.322 e. The van der Waals surface area contributed by atoms with Gasteiger partial charge < -0.3 is 19.5 Å². The number of esters is 1. The third-order valence-electron chi connectivity index (χ3n) is 4.11. The summed E-state index contributed by atoms with van der Waals surface area (Å²) in [5.41, 5.74) is -1.02. The van der Waals surface area contributed by atoms with Crippen LogP contribution in [0.5, 0.6) is 5.75 Å². The van der Waals surface area contributed by atoms with Gasteiger partial charge in [-0.2, -0.15) is 0 Å². The number of nitrogens with zero attached hydrogens (tertiary/aromatic N) is 1. The summed E-state index contributed by atoms with van der Waals surface area (Å²) in [7, 11) is 0. The van der Waals surface area contributed by atoms with Crippen LogP contribution in [0.3, 0.4) is 0 Å². The quantitative estimate of drug-likeness (QED) is 0.255. The molecule has 0 aliphatic heterocycles. The summed E-state index contributed by atoms with van der Waals surface area (Å²) in [6.07, 6.45) is 0. The summed E-state index contributed by atoms with van der Waals surface area (Å²) in [6.45, 7) is 12.4. The van der Waals surface area contributed by atoms with Crippen molar-refractivity contribution < 1.29 is 24.2 Å². The molecule has 0 fully saturated rings. The SMILES string of the molecule is CCN(CC)C(=S)SC(C)(C)C(=O)OCCOc1ccc(C(=O)C(C)(C)O)cc1. The van der Waals surface area contributed by atoms with Crippen LogP contribution < -0.4 is 4.74 Å². The van der Waals surface area contributed by atoms with Crippen LogP contribution in [0.1, 0.15) is 51.9 Å². The standard InChI is InChI=1S/C21H31NO5S2/c1-7-22(8-2)19(28)29-21(5,6)18(24)27-14-13-26-16-11-9-15(10-12-16)17(23)20(3,4)25/h9-12,25H,7-8,13-14H2,1-6H3. The molecule has 29 heavy (non-hydrogen) atoms. The third kappa shape index (κ3) is 7.95. The average molecular weight is 442 g/mol. The Morgan fingerprint density at radius 1 is 1.07 bits per heavy atom. The first-order valence-electron chi connectivity index (χ1n) is 9.57. The molecule has 8 heteroatoms. The van der Waals surface area contributed by atoms with Crippen LogP contribution in [-0.2, 0) is 9.53 Å². The Labute approximate surface area is 182 Å². The Morgan fingerprint density at radius 3 is 2.10 bits per heavy atom. The number of ketones is 1. The summed E-state index contributed by atoms with van der Waals surface area (Å²) in [4.78, 5) is 26.4. The van der Waals surface area contributed by atoms with Gasteiger partial charge in [-0.15, -0.1) is 0 Å². The van der Waals surface area contributed by atoms with Gasteiger partial charge in [-0.3, -0.25) is 9.59 Å². The number of hydrogen-bond donors (Lipinski definition) is 1. The van der Waals surface area contributed by atoms with Crippen molar-refractivity contribution in [2.24, 2.45) is 0 Å². The second-order valence-electron chi connectivity index (χ2n) is 7.45. The van der Waals surface area contributed by atoms with Crippen LogP contribution in [0.15, 0.2) is 24.3 Å². The molecule has 0 bridgehead atoms. The molecular formula is C21H31NO5S2. The number of benzene rings is 1. The molecule has 162 valence electrons. The number of aliphatic hydroxyl groups is 1. The lowest BCUT2D eigenvalue weighted by Gasteiger charge is -2.27.